The van der Waals surface area contributed by atoms with Crippen LogP contribution in [0.15, 0.2) is 84.9 Å². The van der Waals surface area contributed by atoms with Gasteiger partial charge in [0.05, 0.1) is 22.8 Å². The molecule has 3 aromatic rings. The zero-order chi connectivity index (χ0) is 29.6. The fourth-order valence-electron chi connectivity index (χ4n) is 4.05. The maximum Gasteiger partial charge on any atom is 0.303 e. The summed E-state index contributed by atoms with van der Waals surface area (Å²) in [6, 6.07) is 23.5. The van der Waals surface area contributed by atoms with E-state index in [0.29, 0.717) is 18.4 Å². The lowest BCUT2D eigenvalue weighted by Crippen LogP contribution is -2.53. The minimum Gasteiger partial charge on any atom is -0.481 e. The first-order chi connectivity index (χ1) is 19.7. The second kappa shape index (κ2) is 16.0. The predicted octanol–water partition coefficient (Wildman–Crippen LogP) is 2.39. The van der Waals surface area contributed by atoms with E-state index in [-0.39, 0.29) is 31.0 Å². The molecule has 3 unspecified atom stereocenters. The Labute approximate surface area is 241 Å². The smallest absolute Gasteiger partial charge is 0.303 e. The SMILES string of the molecule is N=C(N)c1ccc(CNC(=O)C(CCC(=O)O)NC(=O)C(CCc2ccccc2)NS(=O)Cc2ccccc2)cc1. The molecule has 0 saturated carbocycles. The van der Waals surface area contributed by atoms with Gasteiger partial charge >= 0.3 is 5.97 Å². The Morgan fingerprint density at radius 1 is 0.805 bits per heavy atom. The van der Waals surface area contributed by atoms with Crippen LogP contribution in [0, 0.1) is 5.41 Å². The number of aryl methyl sites for hydroxylation is 1. The molecule has 0 aromatic heterocycles. The molecule has 11 heteroatoms. The van der Waals surface area contributed by atoms with Crippen molar-refractivity contribution in [2.75, 3.05) is 0 Å². The average Bonchev–Trinajstić information content (AvgIpc) is 2.97. The van der Waals surface area contributed by atoms with Gasteiger partial charge in [0.2, 0.25) is 11.8 Å². The molecule has 0 heterocycles. The number of hydrogen-bond acceptors (Lipinski definition) is 5. The fraction of sp³-hybridized carbons (Fsp3) is 0.267. The van der Waals surface area contributed by atoms with Crippen molar-refractivity contribution in [3.05, 3.63) is 107 Å². The lowest BCUT2D eigenvalue weighted by atomic mass is 10.0. The number of hydrogen-bond donors (Lipinski definition) is 6. The standard InChI is InChI=1S/C30H35N5O5S/c31-28(32)24-14-11-22(12-15-24)19-33-29(38)25(17-18-27(36)37)34-30(39)26(16-13-21-7-3-1-4-8-21)35-41(40)20-23-9-5-2-6-10-23/h1-12,14-15,25-26,35H,13,16-20H2,(H3,31,32)(H,33,38)(H,34,39)(H,36,37). The summed E-state index contributed by atoms with van der Waals surface area (Å²) in [5, 5.41) is 22.1. The first kappa shape index (κ1) is 31.2. The van der Waals surface area contributed by atoms with Crippen LogP contribution in [0.4, 0.5) is 0 Å². The van der Waals surface area contributed by atoms with E-state index in [1.165, 1.54) is 0 Å². The number of carboxylic acids is 1. The topological polar surface area (TPSA) is 174 Å². The van der Waals surface area contributed by atoms with Crippen molar-refractivity contribution >= 4 is 34.6 Å². The van der Waals surface area contributed by atoms with Gasteiger partial charge in [-0.3, -0.25) is 19.8 Å². The number of benzene rings is 3. The Morgan fingerprint density at radius 2 is 1.41 bits per heavy atom. The van der Waals surface area contributed by atoms with Crippen LogP contribution < -0.4 is 21.1 Å². The van der Waals surface area contributed by atoms with Gasteiger partial charge < -0.3 is 21.5 Å². The van der Waals surface area contributed by atoms with Gasteiger partial charge in [-0.25, -0.2) is 8.93 Å². The summed E-state index contributed by atoms with van der Waals surface area (Å²) in [5.74, 6) is -2.06. The highest BCUT2D eigenvalue weighted by Crippen LogP contribution is 2.10. The van der Waals surface area contributed by atoms with E-state index in [2.05, 4.69) is 15.4 Å². The molecule has 3 aromatic carbocycles. The van der Waals surface area contributed by atoms with Gasteiger partial charge in [0, 0.05) is 18.5 Å². The van der Waals surface area contributed by atoms with E-state index in [1.54, 1.807) is 24.3 Å². The fourth-order valence-corrected chi connectivity index (χ4v) is 5.17. The van der Waals surface area contributed by atoms with Crippen molar-refractivity contribution in [2.45, 2.75) is 50.1 Å². The lowest BCUT2D eigenvalue weighted by molar-refractivity contribution is -0.138. The van der Waals surface area contributed by atoms with Crippen molar-refractivity contribution in [3.8, 4) is 0 Å². The first-order valence-corrected chi connectivity index (χ1v) is 14.5. The van der Waals surface area contributed by atoms with Crippen LogP contribution in [0.3, 0.4) is 0 Å². The number of aliphatic carboxylic acids is 1. The van der Waals surface area contributed by atoms with E-state index in [1.807, 2.05) is 60.7 Å². The van der Waals surface area contributed by atoms with E-state index >= 15 is 0 Å². The molecule has 3 atom stereocenters. The maximum atomic E-state index is 13.4. The van der Waals surface area contributed by atoms with Crippen LogP contribution in [0.5, 0.6) is 0 Å². The Morgan fingerprint density at radius 3 is 2.00 bits per heavy atom. The molecule has 0 bridgehead atoms. The Bertz CT molecular complexity index is 1340. The summed E-state index contributed by atoms with van der Waals surface area (Å²) in [4.78, 5) is 37.7. The molecule has 0 radical (unpaired) electrons. The quantitative estimate of drug-likeness (QED) is 0.113. The highest BCUT2D eigenvalue weighted by atomic mass is 32.2. The van der Waals surface area contributed by atoms with Gasteiger partial charge in [-0.15, -0.1) is 0 Å². The molecule has 3 rings (SSSR count). The van der Waals surface area contributed by atoms with Crippen LogP contribution >= 0.6 is 0 Å². The minimum atomic E-state index is -1.58. The van der Waals surface area contributed by atoms with Crippen molar-refractivity contribution < 1.29 is 23.7 Å². The Balaban J connectivity index is 1.69. The number of rotatable bonds is 16. The van der Waals surface area contributed by atoms with Crippen LogP contribution in [-0.2, 0) is 44.1 Å². The van der Waals surface area contributed by atoms with Gasteiger partial charge in [0.15, 0.2) is 0 Å². The number of carbonyl (C=O) groups excluding carboxylic acids is 2. The number of nitrogens with two attached hydrogens (primary N) is 1. The van der Waals surface area contributed by atoms with Gasteiger partial charge in [0.1, 0.15) is 11.9 Å². The average molecular weight is 578 g/mol. The largest absolute Gasteiger partial charge is 0.481 e. The number of carboxylic acid groups (broad SMARTS) is 1. The summed E-state index contributed by atoms with van der Waals surface area (Å²) in [6.07, 6.45) is 0.394. The molecule has 216 valence electrons. The van der Waals surface area contributed by atoms with Gasteiger partial charge in [-0.05, 0) is 36.0 Å². The van der Waals surface area contributed by atoms with E-state index in [4.69, 9.17) is 11.1 Å². The minimum absolute atomic E-state index is 0.0721. The first-order valence-electron chi connectivity index (χ1n) is 13.2. The molecule has 0 fully saturated rings. The number of nitrogens with one attached hydrogen (secondary N) is 4. The predicted molar refractivity (Wildman–Crippen MR) is 158 cm³/mol. The third-order valence-corrected chi connectivity index (χ3v) is 7.45. The van der Waals surface area contributed by atoms with E-state index in [0.717, 1.165) is 16.7 Å². The highest BCUT2D eigenvalue weighted by Gasteiger charge is 2.27. The zero-order valence-corrected chi connectivity index (χ0v) is 23.4. The van der Waals surface area contributed by atoms with Crippen molar-refractivity contribution in [3.63, 3.8) is 0 Å². The molecule has 0 aliphatic carbocycles. The van der Waals surface area contributed by atoms with Gasteiger partial charge in [-0.1, -0.05) is 84.9 Å². The lowest BCUT2D eigenvalue weighted by Gasteiger charge is -2.23. The van der Waals surface area contributed by atoms with E-state index in [9.17, 15) is 23.7 Å². The second-order valence-corrected chi connectivity index (χ2v) is 10.7. The molecule has 0 aliphatic heterocycles. The summed E-state index contributed by atoms with van der Waals surface area (Å²) in [5.41, 5.74) is 8.61. The third kappa shape index (κ3) is 11.0. The molecule has 2 amide bonds. The molecule has 0 aliphatic rings. The van der Waals surface area contributed by atoms with Crippen LogP contribution in [0.25, 0.3) is 0 Å². The van der Waals surface area contributed by atoms with Gasteiger partial charge in [0.25, 0.3) is 0 Å². The zero-order valence-electron chi connectivity index (χ0n) is 22.5. The molecular weight excluding hydrogens is 542 g/mol. The summed E-state index contributed by atoms with van der Waals surface area (Å²) in [7, 11) is -1.58. The van der Waals surface area contributed by atoms with Gasteiger partial charge in [-0.2, -0.15) is 0 Å². The number of amides is 2. The van der Waals surface area contributed by atoms with Crippen LogP contribution in [-0.4, -0.2) is 45.0 Å². The van der Waals surface area contributed by atoms with Crippen molar-refractivity contribution in [2.24, 2.45) is 5.73 Å². The molecule has 10 nitrogen and oxygen atoms in total. The third-order valence-electron chi connectivity index (χ3n) is 6.31. The number of nitrogen functional groups attached to an aromatic ring is 1. The van der Waals surface area contributed by atoms with Crippen molar-refractivity contribution in [1.29, 1.82) is 5.41 Å². The second-order valence-electron chi connectivity index (χ2n) is 9.49. The highest BCUT2D eigenvalue weighted by molar-refractivity contribution is 7.82. The number of carbonyl (C=O) groups is 3. The Kier molecular flexibility index (Phi) is 12.2. The Hall–Kier alpha value is -4.35. The maximum absolute atomic E-state index is 13.4. The monoisotopic (exact) mass is 577 g/mol. The summed E-state index contributed by atoms with van der Waals surface area (Å²) in [6.45, 7) is 0.132. The molecule has 7 N–H and O–H groups in total. The molecule has 0 saturated heterocycles. The summed E-state index contributed by atoms with van der Waals surface area (Å²) >= 11 is 0. The molecule has 41 heavy (non-hydrogen) atoms. The van der Waals surface area contributed by atoms with E-state index < -0.39 is 40.9 Å². The molecular formula is C30H35N5O5S. The normalized spacial score (nSPS) is 13.0. The summed E-state index contributed by atoms with van der Waals surface area (Å²) < 4.78 is 15.8. The number of amidine groups is 1. The molecule has 0 spiro atoms. The van der Waals surface area contributed by atoms with Crippen molar-refractivity contribution in [1.82, 2.24) is 15.4 Å². The van der Waals surface area contributed by atoms with Crippen LogP contribution in [0.2, 0.25) is 0 Å². The van der Waals surface area contributed by atoms with Crippen LogP contribution in [0.1, 0.15) is 41.5 Å².